The van der Waals surface area contributed by atoms with Crippen LogP contribution in [0, 0.1) is 71.0 Å². The summed E-state index contributed by atoms with van der Waals surface area (Å²) < 4.78 is 48.9. The average molecular weight is 1060 g/mol. The zero-order valence-electron chi connectivity index (χ0n) is 49.5. The average Bonchev–Trinajstić information content (AvgIpc) is 4.08. The first kappa shape index (κ1) is 65.7. The quantitative estimate of drug-likeness (QED) is 0.0344. The summed E-state index contributed by atoms with van der Waals surface area (Å²) in [6.07, 6.45) is 48.4. The van der Waals surface area contributed by atoms with Crippen molar-refractivity contribution < 1.29 is 41.8 Å². The zero-order chi connectivity index (χ0) is 54.3. The number of alkyl halides is 3. The molecule has 6 aliphatic carbocycles. The van der Waals surface area contributed by atoms with Gasteiger partial charge in [-0.15, -0.1) is 13.2 Å². The fourth-order valence-electron chi connectivity index (χ4n) is 13.2. The van der Waals surface area contributed by atoms with Gasteiger partial charge in [-0.25, -0.2) is 0 Å². The van der Waals surface area contributed by atoms with E-state index in [2.05, 4.69) is 25.5 Å². The van der Waals surface area contributed by atoms with Crippen LogP contribution in [-0.4, -0.2) is 37.0 Å². The van der Waals surface area contributed by atoms with Gasteiger partial charge in [-0.1, -0.05) is 194 Å². The molecule has 0 aliphatic heterocycles. The fraction of sp³-hybridized carbons (Fsp3) is 0.955. The van der Waals surface area contributed by atoms with Crippen molar-refractivity contribution >= 4 is 17.9 Å². The van der Waals surface area contributed by atoms with E-state index in [1.165, 1.54) is 186 Å². The zero-order valence-corrected chi connectivity index (χ0v) is 49.5. The first-order chi connectivity index (χ1) is 36.2. The van der Waals surface area contributed by atoms with Gasteiger partial charge in [-0.2, -0.15) is 0 Å². The molecule has 438 valence electrons. The van der Waals surface area contributed by atoms with E-state index in [0.29, 0.717) is 25.9 Å². The van der Waals surface area contributed by atoms with Crippen LogP contribution in [0.3, 0.4) is 0 Å². The predicted octanol–water partition coefficient (Wildman–Crippen LogP) is 20.5. The van der Waals surface area contributed by atoms with E-state index >= 15 is 0 Å². The largest absolute Gasteiger partial charge is 0.575 e. The van der Waals surface area contributed by atoms with E-state index in [9.17, 15) is 27.6 Å². The molecule has 0 aromatic carbocycles. The molecule has 9 heteroatoms. The second kappa shape index (κ2) is 38.0. The lowest BCUT2D eigenvalue weighted by atomic mass is 10.0. The van der Waals surface area contributed by atoms with Crippen molar-refractivity contribution in [3.8, 4) is 0 Å². The molecular formula is C66H117F3O6. The molecule has 6 saturated carbocycles. The molecule has 0 bridgehead atoms. The minimum atomic E-state index is -4.84. The molecule has 0 heterocycles. The maximum Gasteiger partial charge on any atom is 0.575 e. The van der Waals surface area contributed by atoms with E-state index < -0.39 is 12.3 Å². The van der Waals surface area contributed by atoms with Gasteiger partial charge in [0.2, 0.25) is 0 Å². The summed E-state index contributed by atoms with van der Waals surface area (Å²) in [7, 11) is 0. The van der Waals surface area contributed by atoms with E-state index in [1.807, 2.05) is 20.8 Å². The van der Waals surface area contributed by atoms with Crippen molar-refractivity contribution in [2.75, 3.05) is 6.61 Å². The lowest BCUT2D eigenvalue weighted by Crippen LogP contribution is -2.18. The number of unbranched alkanes of at least 4 members (excludes halogenated alkanes) is 18. The first-order valence-electron chi connectivity index (χ1n) is 32.9. The number of esters is 3. The third-order valence-electron chi connectivity index (χ3n) is 18.5. The Hall–Kier alpha value is -1.80. The summed E-state index contributed by atoms with van der Waals surface area (Å²) in [5.41, 5.74) is 0. The van der Waals surface area contributed by atoms with Crippen molar-refractivity contribution in [2.24, 2.45) is 71.0 Å². The van der Waals surface area contributed by atoms with E-state index in [0.717, 1.165) is 103 Å². The summed E-state index contributed by atoms with van der Waals surface area (Å²) in [5, 5.41) is 0. The van der Waals surface area contributed by atoms with Crippen LogP contribution < -0.4 is 0 Å². The van der Waals surface area contributed by atoms with Crippen LogP contribution in [0.5, 0.6) is 0 Å². The standard InChI is InChI=1S/C23H42O2.C22H40O2.C21H35F3O2/c1-4-5-9-12-19-15-21(19)17-22-16-20(22)13-10-7-6-8-11-14-23(24)25-18(2)3;1-3-5-9-12-18-15-20(18)17-21-16-19(21)13-10-7-6-8-11-14-22(23)24-4-2;1-2-3-7-10-16-13-18(16)15-19-14-17(19)11-8-5-4-6-9-12-20(25)26-21(22,23)24/h18-22H,4-17H2,1-3H3;18-21H,3-17H2,1-2H3;16-19H,2-15H2,1H3. The smallest absolute Gasteiger partial charge is 0.466 e. The first-order valence-corrected chi connectivity index (χ1v) is 32.9. The number of ether oxygens (including phenoxy) is 3. The Balaban J connectivity index is 0.000000244. The lowest BCUT2D eigenvalue weighted by Gasteiger charge is -2.07. The molecule has 12 unspecified atom stereocenters. The maximum absolute atomic E-state index is 11.8. The molecule has 0 spiro atoms. The second-order valence-corrected chi connectivity index (χ2v) is 25.9. The summed E-state index contributed by atoms with van der Waals surface area (Å²) in [6.45, 7) is 13.1. The highest BCUT2D eigenvalue weighted by Crippen LogP contribution is 2.57. The van der Waals surface area contributed by atoms with Crippen molar-refractivity contribution in [1.82, 2.24) is 0 Å². The van der Waals surface area contributed by atoms with Crippen molar-refractivity contribution in [3.05, 3.63) is 0 Å². The summed E-state index contributed by atoms with van der Waals surface area (Å²) in [5.74, 6) is 11.5. The summed E-state index contributed by atoms with van der Waals surface area (Å²) >= 11 is 0. The van der Waals surface area contributed by atoms with Gasteiger partial charge in [0.25, 0.3) is 0 Å². The minimum absolute atomic E-state index is 0.0219. The van der Waals surface area contributed by atoms with Crippen LogP contribution in [0.2, 0.25) is 0 Å². The second-order valence-electron chi connectivity index (χ2n) is 25.9. The third kappa shape index (κ3) is 33.4. The highest BCUT2D eigenvalue weighted by Gasteiger charge is 2.46. The van der Waals surface area contributed by atoms with Crippen LogP contribution in [0.4, 0.5) is 13.2 Å². The number of halogens is 3. The Labute approximate surface area is 459 Å². The topological polar surface area (TPSA) is 78.9 Å². The van der Waals surface area contributed by atoms with Gasteiger partial charge in [0.05, 0.1) is 12.7 Å². The SMILES string of the molecule is CCCCCC1CC1CC1CC1CCCCCCCC(=O)OC(C)C.CCCCCC1CC1CC1CC1CCCCCCCC(=O)OC(F)(F)F.CCCCCC1CC1CC1CC1CCCCCCCC(=O)OCC. The number of hydrogen-bond donors (Lipinski definition) is 0. The number of rotatable bonds is 44. The number of carbonyl (C=O) groups excluding carboxylic acids is 3. The van der Waals surface area contributed by atoms with Crippen LogP contribution in [-0.2, 0) is 28.6 Å². The predicted molar refractivity (Wildman–Crippen MR) is 303 cm³/mol. The molecule has 0 amide bonds. The monoisotopic (exact) mass is 1060 g/mol. The highest BCUT2D eigenvalue weighted by atomic mass is 19.4. The van der Waals surface area contributed by atoms with Gasteiger partial charge in [-0.3, -0.25) is 14.4 Å². The lowest BCUT2D eigenvalue weighted by molar-refractivity contribution is -0.305. The third-order valence-corrected chi connectivity index (χ3v) is 18.5. The Morgan fingerprint density at radius 3 is 0.920 bits per heavy atom. The van der Waals surface area contributed by atoms with Crippen LogP contribution in [0.25, 0.3) is 0 Å². The number of carbonyl (C=O) groups is 3. The molecule has 0 aromatic rings. The van der Waals surface area contributed by atoms with E-state index in [-0.39, 0.29) is 24.5 Å². The van der Waals surface area contributed by atoms with Crippen molar-refractivity contribution in [1.29, 1.82) is 0 Å². The molecule has 6 aliphatic rings. The minimum Gasteiger partial charge on any atom is -0.466 e. The molecule has 6 nitrogen and oxygen atoms in total. The molecule has 0 saturated heterocycles. The maximum atomic E-state index is 11.8. The van der Waals surface area contributed by atoms with Gasteiger partial charge in [0, 0.05) is 19.3 Å². The van der Waals surface area contributed by atoms with Crippen LogP contribution >= 0.6 is 0 Å². The van der Waals surface area contributed by atoms with Crippen LogP contribution in [0.15, 0.2) is 0 Å². The van der Waals surface area contributed by atoms with Gasteiger partial charge in [0.15, 0.2) is 0 Å². The molecule has 0 radical (unpaired) electrons. The van der Waals surface area contributed by atoms with Gasteiger partial charge in [-0.05, 0) is 169 Å². The molecule has 6 fully saturated rings. The van der Waals surface area contributed by atoms with E-state index in [1.54, 1.807) is 25.7 Å². The Kier molecular flexibility index (Phi) is 33.3. The molecule has 6 rings (SSSR count). The van der Waals surface area contributed by atoms with Gasteiger partial charge >= 0.3 is 24.3 Å². The molecule has 75 heavy (non-hydrogen) atoms. The molecule has 0 N–H and O–H groups in total. The fourth-order valence-corrected chi connectivity index (χ4v) is 13.2. The Morgan fingerprint density at radius 1 is 0.373 bits per heavy atom. The van der Waals surface area contributed by atoms with Gasteiger partial charge in [0.1, 0.15) is 0 Å². The molecule has 0 aromatic heterocycles. The van der Waals surface area contributed by atoms with Crippen molar-refractivity contribution in [3.63, 3.8) is 0 Å². The van der Waals surface area contributed by atoms with E-state index in [4.69, 9.17) is 9.47 Å². The Bertz CT molecular complexity index is 1500. The Morgan fingerprint density at radius 2 is 0.640 bits per heavy atom. The summed E-state index contributed by atoms with van der Waals surface area (Å²) in [6, 6.07) is 0. The highest BCUT2D eigenvalue weighted by molar-refractivity contribution is 5.70. The van der Waals surface area contributed by atoms with Gasteiger partial charge < -0.3 is 14.2 Å². The normalized spacial score (nSPS) is 27.6. The number of hydrogen-bond acceptors (Lipinski definition) is 6. The molecule has 12 atom stereocenters. The molecular weight excluding hydrogens is 946 g/mol. The van der Waals surface area contributed by atoms with Crippen LogP contribution in [0.1, 0.15) is 311 Å². The summed E-state index contributed by atoms with van der Waals surface area (Å²) in [4.78, 5) is 33.6. The van der Waals surface area contributed by atoms with Crippen molar-refractivity contribution in [2.45, 2.75) is 324 Å².